The first-order valence-electron chi connectivity index (χ1n) is 11.1. The van der Waals surface area contributed by atoms with E-state index in [4.69, 9.17) is 20.0 Å². The van der Waals surface area contributed by atoms with Gasteiger partial charge in [0.1, 0.15) is 11.5 Å². The standard InChI is InChI=1S/C26H20N8O/c1-14-18-9-11-20(27-18)15(2)22-23(17-7-5-4-6-8-17)30-25(29-22)31-26-33-32-24(34(26)13-35)16(3)21-12-10-19(14)28-21/h4-13,32H,1-3H3. The number of carbonyl (C=O) groups excluding carboxylic acids is 1. The van der Waals surface area contributed by atoms with Gasteiger partial charge >= 0.3 is 0 Å². The zero-order valence-corrected chi connectivity index (χ0v) is 19.3. The lowest BCUT2D eigenvalue weighted by Gasteiger charge is -2.13. The van der Waals surface area contributed by atoms with E-state index in [9.17, 15) is 4.79 Å². The molecule has 5 aliphatic rings. The van der Waals surface area contributed by atoms with Crippen molar-refractivity contribution >= 4 is 41.2 Å². The Kier molecular flexibility index (Phi) is 4.70. The summed E-state index contributed by atoms with van der Waals surface area (Å²) in [7, 11) is 0. The number of hydrazone groups is 1. The lowest BCUT2D eigenvalue weighted by Crippen LogP contribution is -2.27. The number of carbonyl (C=O) groups is 1. The Balaban J connectivity index is 1.59. The fourth-order valence-corrected chi connectivity index (χ4v) is 4.22. The molecule has 0 spiro atoms. The van der Waals surface area contributed by atoms with Crippen LogP contribution in [0.3, 0.4) is 0 Å². The third-order valence-electron chi connectivity index (χ3n) is 6.25. The van der Waals surface area contributed by atoms with Crippen molar-refractivity contribution in [2.75, 3.05) is 0 Å². The van der Waals surface area contributed by atoms with Crippen molar-refractivity contribution in [1.82, 2.24) is 10.3 Å². The van der Waals surface area contributed by atoms with Crippen molar-refractivity contribution in [1.29, 1.82) is 0 Å². The third-order valence-corrected chi connectivity index (χ3v) is 6.25. The summed E-state index contributed by atoms with van der Waals surface area (Å²) in [5.41, 5.74) is 11.0. The van der Waals surface area contributed by atoms with Gasteiger partial charge < -0.3 is 0 Å². The maximum absolute atomic E-state index is 12.0. The second-order valence-corrected chi connectivity index (χ2v) is 8.35. The van der Waals surface area contributed by atoms with Crippen LogP contribution in [0, 0.1) is 0 Å². The first-order valence-corrected chi connectivity index (χ1v) is 11.1. The molecule has 0 radical (unpaired) electrons. The third kappa shape index (κ3) is 3.36. The highest BCUT2D eigenvalue weighted by Crippen LogP contribution is 2.27. The second kappa shape index (κ2) is 7.91. The topological polar surface area (TPSA) is 106 Å². The minimum Gasteiger partial charge on any atom is -0.278 e. The van der Waals surface area contributed by atoms with Gasteiger partial charge in [-0.2, -0.15) is 4.99 Å². The van der Waals surface area contributed by atoms with Crippen LogP contribution in [0.25, 0.3) is 0 Å². The number of nitrogens with zero attached hydrogens (tertiary/aromatic N) is 7. The van der Waals surface area contributed by atoms with Gasteiger partial charge in [-0.3, -0.25) is 10.2 Å². The van der Waals surface area contributed by atoms with E-state index in [1.807, 2.05) is 75.4 Å². The summed E-state index contributed by atoms with van der Waals surface area (Å²) < 4.78 is 0. The average molecular weight is 461 g/mol. The normalized spacial score (nSPS) is 20.6. The smallest absolute Gasteiger partial charge is 0.258 e. The molecule has 0 aliphatic carbocycles. The lowest BCUT2D eigenvalue weighted by atomic mass is 10.00. The van der Waals surface area contributed by atoms with Crippen molar-refractivity contribution in [3.63, 3.8) is 0 Å². The quantitative estimate of drug-likeness (QED) is 0.683. The van der Waals surface area contributed by atoms with Gasteiger partial charge in [-0.15, -0.1) is 5.10 Å². The predicted molar refractivity (Wildman–Crippen MR) is 138 cm³/mol. The van der Waals surface area contributed by atoms with Gasteiger partial charge in [-0.1, -0.05) is 30.3 Å². The van der Waals surface area contributed by atoms with Gasteiger partial charge in [-0.05, 0) is 45.1 Å². The van der Waals surface area contributed by atoms with Gasteiger partial charge in [-0.25, -0.2) is 24.9 Å². The molecule has 1 amide bonds. The molecule has 0 fully saturated rings. The number of benzene rings is 1. The number of fused-ring (bicyclic) bond motifs is 5. The molecule has 9 heteroatoms. The molecule has 0 unspecified atom stereocenters. The Bertz CT molecular complexity index is 1540. The van der Waals surface area contributed by atoms with Crippen LogP contribution in [0.5, 0.6) is 0 Å². The van der Waals surface area contributed by atoms with Crippen molar-refractivity contribution < 1.29 is 4.79 Å². The van der Waals surface area contributed by atoms with Gasteiger partial charge in [0.15, 0.2) is 0 Å². The number of amides is 1. The van der Waals surface area contributed by atoms with Gasteiger partial charge in [0.2, 0.25) is 6.41 Å². The molecule has 0 saturated carbocycles. The highest BCUT2D eigenvalue weighted by atomic mass is 16.1. The Morgan fingerprint density at radius 2 is 1.40 bits per heavy atom. The number of guanidine groups is 2. The predicted octanol–water partition coefficient (Wildman–Crippen LogP) is 3.43. The Morgan fingerprint density at radius 1 is 0.743 bits per heavy atom. The summed E-state index contributed by atoms with van der Waals surface area (Å²) in [4.78, 5) is 37.0. The van der Waals surface area contributed by atoms with Gasteiger partial charge in [0.25, 0.3) is 11.9 Å². The first kappa shape index (κ1) is 20.8. The monoisotopic (exact) mass is 460 g/mol. The first-order chi connectivity index (χ1) is 17.0. The number of aliphatic imine (C=N–C) groups is 5. The molecule has 0 atom stereocenters. The molecule has 1 aromatic carbocycles. The van der Waals surface area contributed by atoms with E-state index in [0.29, 0.717) is 23.7 Å². The molecular formula is C26H20N8O. The molecule has 9 nitrogen and oxygen atoms in total. The molecule has 1 aromatic rings. The fourth-order valence-electron chi connectivity index (χ4n) is 4.22. The van der Waals surface area contributed by atoms with Crippen LogP contribution in [0.1, 0.15) is 26.3 Å². The summed E-state index contributed by atoms with van der Waals surface area (Å²) in [6.07, 6.45) is 8.50. The second-order valence-electron chi connectivity index (χ2n) is 8.35. The van der Waals surface area contributed by atoms with Crippen molar-refractivity contribution in [3.8, 4) is 0 Å². The Hall–Kier alpha value is -4.79. The molecular weight excluding hydrogens is 440 g/mol. The average Bonchev–Trinajstić information content (AvgIpc) is 3.68. The molecule has 170 valence electrons. The van der Waals surface area contributed by atoms with E-state index in [1.165, 1.54) is 4.90 Å². The van der Waals surface area contributed by atoms with Crippen LogP contribution >= 0.6 is 0 Å². The highest BCUT2D eigenvalue weighted by Gasteiger charge is 2.29. The minimum atomic E-state index is 0.151. The Morgan fingerprint density at radius 3 is 2.11 bits per heavy atom. The van der Waals surface area contributed by atoms with E-state index in [1.54, 1.807) is 0 Å². The zero-order chi connectivity index (χ0) is 24.1. The molecule has 5 aliphatic heterocycles. The van der Waals surface area contributed by atoms with Crippen LogP contribution in [-0.4, -0.2) is 46.1 Å². The largest absolute Gasteiger partial charge is 0.278 e. The molecule has 35 heavy (non-hydrogen) atoms. The zero-order valence-electron chi connectivity index (χ0n) is 19.3. The summed E-state index contributed by atoms with van der Waals surface area (Å²) in [6.45, 7) is 5.85. The highest BCUT2D eigenvalue weighted by molar-refractivity contribution is 6.58. The maximum Gasteiger partial charge on any atom is 0.258 e. The van der Waals surface area contributed by atoms with E-state index in [0.717, 1.165) is 45.1 Å². The van der Waals surface area contributed by atoms with Crippen LogP contribution in [0.4, 0.5) is 0 Å². The summed E-state index contributed by atoms with van der Waals surface area (Å²) in [5, 5.41) is 4.26. The fraction of sp³-hybridized carbons (Fsp3) is 0.115. The number of rotatable bonds is 2. The SMILES string of the molecule is CC1=C2C=CC(=N2)C(C)=C2NN=C(N=C3N=C(C(c4ccccc4)=N3)C(C)=C3C=CC1=N3)N2C=O. The summed E-state index contributed by atoms with van der Waals surface area (Å²) >= 11 is 0. The summed E-state index contributed by atoms with van der Waals surface area (Å²) in [5.74, 6) is 0.845. The Labute approximate surface area is 201 Å². The van der Waals surface area contributed by atoms with Gasteiger partial charge in [0.05, 0.1) is 28.5 Å². The van der Waals surface area contributed by atoms with Crippen molar-refractivity contribution in [2.45, 2.75) is 20.8 Å². The minimum absolute atomic E-state index is 0.151. The van der Waals surface area contributed by atoms with Gasteiger partial charge in [0, 0.05) is 22.3 Å². The van der Waals surface area contributed by atoms with E-state index in [-0.39, 0.29) is 11.9 Å². The lowest BCUT2D eigenvalue weighted by molar-refractivity contribution is -0.113. The molecule has 8 bridgehead atoms. The molecule has 0 aromatic heterocycles. The number of hydrogen-bond acceptors (Lipinski definition) is 8. The van der Waals surface area contributed by atoms with Crippen LogP contribution in [-0.2, 0) is 4.79 Å². The van der Waals surface area contributed by atoms with Crippen LogP contribution in [0.15, 0.2) is 119 Å². The maximum atomic E-state index is 12.0. The van der Waals surface area contributed by atoms with Crippen LogP contribution in [0.2, 0.25) is 0 Å². The van der Waals surface area contributed by atoms with E-state index < -0.39 is 0 Å². The number of hydrogen-bond donors (Lipinski definition) is 1. The molecule has 0 saturated heterocycles. The molecule has 6 rings (SSSR count). The van der Waals surface area contributed by atoms with Crippen molar-refractivity contribution in [3.05, 3.63) is 94.1 Å². The van der Waals surface area contributed by atoms with E-state index in [2.05, 4.69) is 15.5 Å². The van der Waals surface area contributed by atoms with Crippen molar-refractivity contribution in [2.24, 2.45) is 30.1 Å². The molecule has 5 heterocycles. The van der Waals surface area contributed by atoms with E-state index >= 15 is 0 Å². The number of nitrogens with one attached hydrogen (secondary N) is 1. The summed E-state index contributed by atoms with van der Waals surface area (Å²) in [6, 6.07) is 9.80. The molecule has 1 N–H and O–H groups in total. The van der Waals surface area contributed by atoms with Crippen LogP contribution < -0.4 is 5.43 Å². The number of allylic oxidation sites excluding steroid dienone is 7.